The Kier molecular flexibility index (Phi) is 7.87. The molecule has 3 rings (SSSR count). The van der Waals surface area contributed by atoms with E-state index in [-0.39, 0.29) is 17.3 Å². The fourth-order valence-corrected chi connectivity index (χ4v) is 4.78. The van der Waals surface area contributed by atoms with Crippen molar-refractivity contribution in [3.8, 4) is 5.75 Å². The van der Waals surface area contributed by atoms with Crippen LogP contribution in [0.4, 0.5) is 0 Å². The van der Waals surface area contributed by atoms with E-state index in [1.54, 1.807) is 19.2 Å². The van der Waals surface area contributed by atoms with Crippen LogP contribution in [-0.2, 0) is 21.2 Å². The summed E-state index contributed by atoms with van der Waals surface area (Å²) in [5.74, 6) is 0.954. The Morgan fingerprint density at radius 2 is 1.67 bits per heavy atom. The van der Waals surface area contributed by atoms with E-state index in [1.807, 2.05) is 36.4 Å². The van der Waals surface area contributed by atoms with Crippen LogP contribution in [0.2, 0.25) is 0 Å². The maximum Gasteiger partial charge on any atom is 0.241 e. The topological polar surface area (TPSA) is 84.5 Å². The number of sulfonamides is 1. The molecular formula is C23H30N2O4S. The molecule has 6 nitrogen and oxygen atoms in total. The van der Waals surface area contributed by atoms with Crippen molar-refractivity contribution in [1.82, 2.24) is 10.0 Å². The number of rotatable bonds is 9. The largest absolute Gasteiger partial charge is 0.497 e. The molecule has 30 heavy (non-hydrogen) atoms. The zero-order valence-corrected chi connectivity index (χ0v) is 18.2. The van der Waals surface area contributed by atoms with E-state index in [4.69, 9.17) is 4.74 Å². The number of nitrogens with one attached hydrogen (secondary N) is 2. The van der Waals surface area contributed by atoms with E-state index in [9.17, 15) is 13.2 Å². The summed E-state index contributed by atoms with van der Waals surface area (Å²) in [4.78, 5) is 12.2. The summed E-state index contributed by atoms with van der Waals surface area (Å²) in [6.07, 6.45) is 6.75. The van der Waals surface area contributed by atoms with Crippen molar-refractivity contribution in [2.75, 3.05) is 20.2 Å². The number of methoxy groups -OCH3 is 1. The van der Waals surface area contributed by atoms with Gasteiger partial charge in [-0.1, -0.05) is 43.5 Å². The summed E-state index contributed by atoms with van der Waals surface area (Å²) in [6, 6.07) is 14.7. The first kappa shape index (κ1) is 22.3. The number of ether oxygens (including phenoxy) is 1. The van der Waals surface area contributed by atoms with Crippen LogP contribution in [0.15, 0.2) is 53.4 Å². The smallest absolute Gasteiger partial charge is 0.241 e. The Morgan fingerprint density at radius 1 is 1.00 bits per heavy atom. The molecule has 0 bridgehead atoms. The van der Waals surface area contributed by atoms with Gasteiger partial charge in [-0.15, -0.1) is 0 Å². The molecule has 1 aliphatic carbocycles. The molecule has 0 aliphatic heterocycles. The van der Waals surface area contributed by atoms with Crippen molar-refractivity contribution in [3.05, 3.63) is 59.7 Å². The number of hydrogen-bond donors (Lipinski definition) is 2. The summed E-state index contributed by atoms with van der Waals surface area (Å²) < 4.78 is 32.4. The minimum Gasteiger partial charge on any atom is -0.497 e. The van der Waals surface area contributed by atoms with Gasteiger partial charge in [0.25, 0.3) is 0 Å². The Bertz CT molecular complexity index is 919. The van der Waals surface area contributed by atoms with Crippen LogP contribution in [0.25, 0.3) is 0 Å². The Hall–Kier alpha value is -2.38. The monoisotopic (exact) mass is 430 g/mol. The number of benzene rings is 2. The summed E-state index contributed by atoms with van der Waals surface area (Å²) in [5, 5.41) is 2.74. The Morgan fingerprint density at radius 3 is 2.30 bits per heavy atom. The van der Waals surface area contributed by atoms with Gasteiger partial charge in [-0.2, -0.15) is 0 Å². The predicted octanol–water partition coefficient (Wildman–Crippen LogP) is 3.38. The molecule has 0 unspecified atom stereocenters. The summed E-state index contributed by atoms with van der Waals surface area (Å²) in [7, 11) is -2.10. The second-order valence-corrected chi connectivity index (χ2v) is 9.44. The van der Waals surface area contributed by atoms with E-state index in [1.165, 1.54) is 37.7 Å². The second-order valence-electron chi connectivity index (χ2n) is 7.68. The van der Waals surface area contributed by atoms with Crippen molar-refractivity contribution in [1.29, 1.82) is 0 Å². The van der Waals surface area contributed by atoms with Crippen LogP contribution in [0, 0.1) is 0 Å². The van der Waals surface area contributed by atoms with Crippen molar-refractivity contribution in [3.63, 3.8) is 0 Å². The lowest BCUT2D eigenvalue weighted by Crippen LogP contribution is -2.37. The molecular weight excluding hydrogens is 400 g/mol. The van der Waals surface area contributed by atoms with Crippen LogP contribution in [0.3, 0.4) is 0 Å². The molecule has 1 saturated carbocycles. The molecule has 2 N–H and O–H groups in total. The molecule has 7 heteroatoms. The lowest BCUT2D eigenvalue weighted by atomic mass is 9.84. The average molecular weight is 431 g/mol. The van der Waals surface area contributed by atoms with Crippen LogP contribution in [0.1, 0.15) is 49.1 Å². The first-order valence-corrected chi connectivity index (χ1v) is 12.0. The zero-order chi connectivity index (χ0) is 21.4. The number of amides is 1. The fourth-order valence-electron chi connectivity index (χ4n) is 3.80. The van der Waals surface area contributed by atoms with Gasteiger partial charge in [-0.3, -0.25) is 4.79 Å². The van der Waals surface area contributed by atoms with Crippen molar-refractivity contribution >= 4 is 15.9 Å². The third kappa shape index (κ3) is 6.31. The van der Waals surface area contributed by atoms with Gasteiger partial charge in [0.05, 0.1) is 18.6 Å². The molecule has 1 fully saturated rings. The van der Waals surface area contributed by atoms with Gasteiger partial charge in [0.2, 0.25) is 15.9 Å². The van der Waals surface area contributed by atoms with Crippen LogP contribution in [-0.4, -0.2) is 34.5 Å². The lowest BCUT2D eigenvalue weighted by Gasteiger charge is -2.22. The Balaban J connectivity index is 1.44. The van der Waals surface area contributed by atoms with Gasteiger partial charge in [0.15, 0.2) is 0 Å². The van der Waals surface area contributed by atoms with Gasteiger partial charge >= 0.3 is 0 Å². The average Bonchev–Trinajstić information content (AvgIpc) is 2.79. The van der Waals surface area contributed by atoms with Gasteiger partial charge in [0.1, 0.15) is 5.75 Å². The molecule has 0 spiro atoms. The first-order valence-electron chi connectivity index (χ1n) is 10.5. The maximum absolute atomic E-state index is 12.5. The normalized spacial score (nSPS) is 15.0. The first-order chi connectivity index (χ1) is 14.5. The fraction of sp³-hybridized carbons (Fsp3) is 0.435. The van der Waals surface area contributed by atoms with Gasteiger partial charge in [-0.05, 0) is 60.6 Å². The van der Waals surface area contributed by atoms with E-state index >= 15 is 0 Å². The summed E-state index contributed by atoms with van der Waals surface area (Å²) in [6.45, 7) is 0.151. The van der Waals surface area contributed by atoms with Crippen molar-refractivity contribution < 1.29 is 17.9 Å². The third-order valence-electron chi connectivity index (χ3n) is 5.58. The lowest BCUT2D eigenvalue weighted by molar-refractivity contribution is -0.119. The van der Waals surface area contributed by atoms with Gasteiger partial charge < -0.3 is 10.1 Å². The molecule has 2 aromatic carbocycles. The minimum atomic E-state index is -3.71. The molecule has 0 saturated heterocycles. The summed E-state index contributed by atoms with van der Waals surface area (Å²) in [5.41, 5.74) is 2.26. The number of carbonyl (C=O) groups is 1. The highest BCUT2D eigenvalue weighted by Crippen LogP contribution is 2.32. The standard InChI is InChI=1S/C23H30N2O4S/c1-29-21-11-7-18(8-12-21)15-16-24-23(26)17-25-30(27,28)22-13-9-20(10-14-22)19-5-3-2-4-6-19/h7-14,19,25H,2-6,15-17H2,1H3,(H,24,26). The highest BCUT2D eigenvalue weighted by atomic mass is 32.2. The molecule has 162 valence electrons. The van der Waals surface area contributed by atoms with Crippen LogP contribution >= 0.6 is 0 Å². The van der Waals surface area contributed by atoms with E-state index < -0.39 is 10.0 Å². The third-order valence-corrected chi connectivity index (χ3v) is 7.00. The second kappa shape index (κ2) is 10.6. The van der Waals surface area contributed by atoms with Crippen LogP contribution < -0.4 is 14.8 Å². The highest BCUT2D eigenvalue weighted by Gasteiger charge is 2.18. The van der Waals surface area contributed by atoms with E-state index in [0.717, 1.165) is 11.3 Å². The highest BCUT2D eigenvalue weighted by molar-refractivity contribution is 7.89. The molecule has 0 radical (unpaired) electrons. The van der Waals surface area contributed by atoms with E-state index in [2.05, 4.69) is 10.0 Å². The predicted molar refractivity (Wildman–Crippen MR) is 117 cm³/mol. The molecule has 1 amide bonds. The minimum absolute atomic E-state index is 0.188. The van der Waals surface area contributed by atoms with Crippen molar-refractivity contribution in [2.45, 2.75) is 49.3 Å². The summed E-state index contributed by atoms with van der Waals surface area (Å²) >= 11 is 0. The maximum atomic E-state index is 12.5. The van der Waals surface area contributed by atoms with Crippen molar-refractivity contribution in [2.24, 2.45) is 0 Å². The Labute approximate surface area is 179 Å². The van der Waals surface area contributed by atoms with Gasteiger partial charge in [0, 0.05) is 6.54 Å². The molecule has 0 aromatic heterocycles. The zero-order valence-electron chi connectivity index (χ0n) is 17.4. The van der Waals surface area contributed by atoms with Gasteiger partial charge in [-0.25, -0.2) is 13.1 Å². The molecule has 0 atom stereocenters. The quantitative estimate of drug-likeness (QED) is 0.639. The van der Waals surface area contributed by atoms with Crippen LogP contribution in [0.5, 0.6) is 5.75 Å². The SMILES string of the molecule is COc1ccc(CCNC(=O)CNS(=O)(=O)c2ccc(C3CCCCC3)cc2)cc1. The number of hydrogen-bond acceptors (Lipinski definition) is 4. The number of carbonyl (C=O) groups excluding carboxylic acids is 1. The van der Waals surface area contributed by atoms with E-state index in [0.29, 0.717) is 18.9 Å². The molecule has 2 aromatic rings. The molecule has 0 heterocycles. The molecule has 1 aliphatic rings.